The van der Waals surface area contributed by atoms with Crippen LogP contribution in [-0.4, -0.2) is 11.9 Å². The van der Waals surface area contributed by atoms with Gasteiger partial charge in [0.15, 0.2) is 0 Å². The maximum atomic E-state index is 11.8. The Morgan fingerprint density at radius 3 is 1.52 bits per heavy atom. The summed E-state index contributed by atoms with van der Waals surface area (Å²) in [7, 11) is 0. The van der Waals surface area contributed by atoms with E-state index >= 15 is 0 Å². The van der Waals surface area contributed by atoms with Crippen molar-refractivity contribution in [2.24, 2.45) is 0 Å². The zero-order chi connectivity index (χ0) is 18.1. The van der Waals surface area contributed by atoms with Crippen molar-refractivity contribution in [3.05, 3.63) is 70.8 Å². The maximum absolute atomic E-state index is 11.8. The highest BCUT2D eigenvalue weighted by molar-refractivity contribution is 5.72. The third-order valence-electron chi connectivity index (χ3n) is 4.06. The van der Waals surface area contributed by atoms with E-state index in [9.17, 15) is 9.59 Å². The normalized spacial score (nSPS) is 10.3. The number of aryl methyl sites for hydroxylation is 2. The molecule has 2 rings (SSSR count). The molecule has 25 heavy (non-hydrogen) atoms. The minimum Gasteiger partial charge on any atom is -0.461 e. The SMILES string of the molecule is Cc1ccccc1COC(=O)CCCC(=O)OCc1ccccc1C. The zero-order valence-corrected chi connectivity index (χ0v) is 14.8. The third kappa shape index (κ3) is 6.42. The summed E-state index contributed by atoms with van der Waals surface area (Å²) in [6, 6.07) is 15.6. The van der Waals surface area contributed by atoms with Crippen LogP contribution in [0.2, 0.25) is 0 Å². The van der Waals surface area contributed by atoms with Crippen molar-refractivity contribution in [3.63, 3.8) is 0 Å². The van der Waals surface area contributed by atoms with Gasteiger partial charge in [-0.1, -0.05) is 48.5 Å². The molecular weight excluding hydrogens is 316 g/mol. The molecule has 0 aliphatic rings. The summed E-state index contributed by atoms with van der Waals surface area (Å²) in [6.07, 6.45) is 0.857. The largest absolute Gasteiger partial charge is 0.461 e. The standard InChI is InChI=1S/C21H24O4/c1-16-8-3-5-10-18(16)14-24-20(22)12-7-13-21(23)25-15-19-11-6-4-9-17(19)2/h3-6,8-11H,7,12-15H2,1-2H3. The topological polar surface area (TPSA) is 52.6 Å². The molecule has 0 saturated heterocycles. The lowest BCUT2D eigenvalue weighted by Crippen LogP contribution is -2.08. The molecule has 132 valence electrons. The van der Waals surface area contributed by atoms with Crippen molar-refractivity contribution < 1.29 is 19.1 Å². The molecule has 2 aromatic rings. The summed E-state index contributed by atoms with van der Waals surface area (Å²) >= 11 is 0. The fourth-order valence-corrected chi connectivity index (χ4v) is 2.38. The molecule has 0 radical (unpaired) electrons. The van der Waals surface area contributed by atoms with Crippen molar-refractivity contribution in [3.8, 4) is 0 Å². The highest BCUT2D eigenvalue weighted by Gasteiger charge is 2.09. The van der Waals surface area contributed by atoms with Gasteiger partial charge < -0.3 is 9.47 Å². The minimum absolute atomic E-state index is 0.214. The Bertz CT molecular complexity index is 660. The van der Waals surface area contributed by atoms with Crippen LogP contribution in [0.5, 0.6) is 0 Å². The van der Waals surface area contributed by atoms with Gasteiger partial charge in [0.25, 0.3) is 0 Å². The quantitative estimate of drug-likeness (QED) is 0.674. The van der Waals surface area contributed by atoms with Crippen LogP contribution in [0.4, 0.5) is 0 Å². The summed E-state index contributed by atoms with van der Waals surface area (Å²) in [5.74, 6) is -0.593. The third-order valence-corrected chi connectivity index (χ3v) is 4.06. The predicted molar refractivity (Wildman–Crippen MR) is 95.8 cm³/mol. The number of carbonyl (C=O) groups excluding carboxylic acids is 2. The Morgan fingerprint density at radius 1 is 0.720 bits per heavy atom. The van der Waals surface area contributed by atoms with Gasteiger partial charge in [-0.05, 0) is 42.5 Å². The Hall–Kier alpha value is -2.62. The van der Waals surface area contributed by atoms with E-state index in [4.69, 9.17) is 9.47 Å². The van der Waals surface area contributed by atoms with Crippen LogP contribution in [0.25, 0.3) is 0 Å². The van der Waals surface area contributed by atoms with E-state index in [1.54, 1.807) is 0 Å². The molecule has 0 aliphatic heterocycles. The Morgan fingerprint density at radius 2 is 1.12 bits per heavy atom. The molecule has 0 N–H and O–H groups in total. The Labute approximate surface area is 148 Å². The molecular formula is C21H24O4. The van der Waals surface area contributed by atoms with Crippen LogP contribution >= 0.6 is 0 Å². The van der Waals surface area contributed by atoms with E-state index in [1.165, 1.54) is 0 Å². The molecule has 0 bridgehead atoms. The predicted octanol–water partition coefficient (Wildman–Crippen LogP) is 4.26. The lowest BCUT2D eigenvalue weighted by molar-refractivity contribution is -0.146. The lowest BCUT2D eigenvalue weighted by Gasteiger charge is -2.08. The van der Waals surface area contributed by atoms with Gasteiger partial charge in [0.2, 0.25) is 0 Å². The minimum atomic E-state index is -0.296. The molecule has 0 aliphatic carbocycles. The molecule has 0 unspecified atom stereocenters. The van der Waals surface area contributed by atoms with Crippen LogP contribution in [-0.2, 0) is 32.3 Å². The van der Waals surface area contributed by atoms with Gasteiger partial charge in [0.1, 0.15) is 13.2 Å². The van der Waals surface area contributed by atoms with Crippen LogP contribution in [0.1, 0.15) is 41.5 Å². The van der Waals surface area contributed by atoms with E-state index in [0.717, 1.165) is 22.3 Å². The fourth-order valence-electron chi connectivity index (χ4n) is 2.38. The van der Waals surface area contributed by atoms with E-state index < -0.39 is 0 Å². The van der Waals surface area contributed by atoms with E-state index in [-0.39, 0.29) is 38.0 Å². The van der Waals surface area contributed by atoms with E-state index in [1.807, 2.05) is 62.4 Å². The molecule has 2 aromatic carbocycles. The summed E-state index contributed by atoms with van der Waals surface area (Å²) in [4.78, 5) is 23.5. The summed E-state index contributed by atoms with van der Waals surface area (Å²) < 4.78 is 10.5. The number of rotatable bonds is 8. The summed E-state index contributed by atoms with van der Waals surface area (Å²) in [6.45, 7) is 4.49. The van der Waals surface area contributed by atoms with Crippen molar-refractivity contribution in [2.75, 3.05) is 0 Å². The van der Waals surface area contributed by atoms with Crippen molar-refractivity contribution >= 4 is 11.9 Å². The average molecular weight is 340 g/mol. The fraction of sp³-hybridized carbons (Fsp3) is 0.333. The second kappa shape index (κ2) is 9.62. The number of carbonyl (C=O) groups is 2. The van der Waals surface area contributed by atoms with Crippen molar-refractivity contribution in [1.82, 2.24) is 0 Å². The summed E-state index contributed by atoms with van der Waals surface area (Å²) in [5, 5.41) is 0. The molecule has 0 spiro atoms. The van der Waals surface area contributed by atoms with Gasteiger partial charge in [0.05, 0.1) is 0 Å². The molecule has 4 nitrogen and oxygen atoms in total. The molecule has 0 aromatic heterocycles. The van der Waals surface area contributed by atoms with Gasteiger partial charge in [-0.3, -0.25) is 9.59 Å². The molecule has 0 amide bonds. The first-order chi connectivity index (χ1) is 12.1. The molecule has 0 atom stereocenters. The highest BCUT2D eigenvalue weighted by atomic mass is 16.5. The van der Waals surface area contributed by atoms with E-state index in [0.29, 0.717) is 6.42 Å². The first-order valence-corrected chi connectivity index (χ1v) is 8.46. The number of hydrogen-bond acceptors (Lipinski definition) is 4. The molecule has 0 heterocycles. The maximum Gasteiger partial charge on any atom is 0.306 e. The first-order valence-electron chi connectivity index (χ1n) is 8.46. The van der Waals surface area contributed by atoms with Crippen LogP contribution < -0.4 is 0 Å². The van der Waals surface area contributed by atoms with Crippen molar-refractivity contribution in [2.45, 2.75) is 46.3 Å². The molecule has 0 saturated carbocycles. The Balaban J connectivity index is 1.63. The van der Waals surface area contributed by atoms with Crippen molar-refractivity contribution in [1.29, 1.82) is 0 Å². The smallest absolute Gasteiger partial charge is 0.306 e. The average Bonchev–Trinajstić information content (AvgIpc) is 2.60. The van der Waals surface area contributed by atoms with Gasteiger partial charge in [-0.25, -0.2) is 0 Å². The van der Waals surface area contributed by atoms with Crippen LogP contribution in [0.3, 0.4) is 0 Å². The second-order valence-electron chi connectivity index (χ2n) is 6.03. The number of ether oxygens (including phenoxy) is 2. The van der Waals surface area contributed by atoms with Gasteiger partial charge >= 0.3 is 11.9 Å². The zero-order valence-electron chi connectivity index (χ0n) is 14.8. The van der Waals surface area contributed by atoms with Gasteiger partial charge in [-0.2, -0.15) is 0 Å². The number of esters is 2. The van der Waals surface area contributed by atoms with Gasteiger partial charge in [-0.15, -0.1) is 0 Å². The van der Waals surface area contributed by atoms with Gasteiger partial charge in [0, 0.05) is 12.8 Å². The molecule has 0 fully saturated rings. The highest BCUT2D eigenvalue weighted by Crippen LogP contribution is 2.11. The summed E-state index contributed by atoms with van der Waals surface area (Å²) in [5.41, 5.74) is 4.17. The lowest BCUT2D eigenvalue weighted by atomic mass is 10.1. The number of hydrogen-bond donors (Lipinski definition) is 0. The van der Waals surface area contributed by atoms with Crippen LogP contribution in [0, 0.1) is 13.8 Å². The monoisotopic (exact) mass is 340 g/mol. The molecule has 4 heteroatoms. The van der Waals surface area contributed by atoms with Crippen LogP contribution in [0.15, 0.2) is 48.5 Å². The Kier molecular flexibility index (Phi) is 7.20. The van der Waals surface area contributed by atoms with E-state index in [2.05, 4.69) is 0 Å². The number of benzene rings is 2. The first kappa shape index (κ1) is 18.7. The second-order valence-corrected chi connectivity index (χ2v) is 6.03.